The molecule has 0 aliphatic carbocycles. The molecule has 1 atom stereocenters. The highest BCUT2D eigenvalue weighted by Gasteiger charge is 2.34. The molecule has 100 valence electrons. The van der Waals surface area contributed by atoms with Crippen LogP contribution in [0.5, 0.6) is 0 Å². The van der Waals surface area contributed by atoms with Gasteiger partial charge in [0.25, 0.3) is 0 Å². The minimum atomic E-state index is -1.18. The van der Waals surface area contributed by atoms with Gasteiger partial charge in [0, 0.05) is 17.0 Å². The molecule has 0 spiro atoms. The van der Waals surface area contributed by atoms with Crippen LogP contribution in [-0.4, -0.2) is 36.8 Å². The van der Waals surface area contributed by atoms with Crippen molar-refractivity contribution in [2.24, 2.45) is 0 Å². The Hall–Kier alpha value is -1.20. The van der Waals surface area contributed by atoms with E-state index in [-0.39, 0.29) is 0 Å². The zero-order valence-corrected chi connectivity index (χ0v) is 11.7. The monoisotopic (exact) mass is 275 g/mol. The summed E-state index contributed by atoms with van der Waals surface area (Å²) in [5.74, 6) is -1.18. The summed E-state index contributed by atoms with van der Waals surface area (Å²) >= 11 is 1.71. The molecule has 1 aromatic heterocycles. The molecule has 1 aliphatic rings. The predicted octanol–water partition coefficient (Wildman–Crippen LogP) is 2.52. The molecule has 0 radical (unpaired) electrons. The molecule has 1 fully saturated rings. The molecular formula is C15H17NO2S. The Kier molecular flexibility index (Phi) is 3.41. The third-order valence-corrected chi connectivity index (χ3v) is 4.36. The van der Waals surface area contributed by atoms with Crippen molar-refractivity contribution in [3.05, 3.63) is 47.3 Å². The predicted molar refractivity (Wildman–Crippen MR) is 77.1 cm³/mol. The summed E-state index contributed by atoms with van der Waals surface area (Å²) in [7, 11) is 1.99. The SMILES string of the molecule is CN1CCOC(O)(c2ccc(-c3cccs3)cc2)C1. The second kappa shape index (κ2) is 5.06. The molecule has 4 heteroatoms. The van der Waals surface area contributed by atoms with E-state index in [1.807, 2.05) is 37.4 Å². The molecule has 1 N–H and O–H groups in total. The summed E-state index contributed by atoms with van der Waals surface area (Å²) in [5, 5.41) is 12.6. The molecule has 2 aromatic rings. The van der Waals surface area contributed by atoms with Crippen molar-refractivity contribution in [1.29, 1.82) is 0 Å². The van der Waals surface area contributed by atoms with Gasteiger partial charge in [-0.15, -0.1) is 11.3 Å². The van der Waals surface area contributed by atoms with E-state index in [9.17, 15) is 5.11 Å². The summed E-state index contributed by atoms with van der Waals surface area (Å²) in [5.41, 5.74) is 1.99. The molecule has 1 aliphatic heterocycles. The van der Waals surface area contributed by atoms with Gasteiger partial charge >= 0.3 is 0 Å². The smallest absolute Gasteiger partial charge is 0.205 e. The molecule has 1 saturated heterocycles. The molecule has 0 amide bonds. The lowest BCUT2D eigenvalue weighted by Gasteiger charge is -2.37. The van der Waals surface area contributed by atoms with Crippen molar-refractivity contribution in [2.45, 2.75) is 5.79 Å². The summed E-state index contributed by atoms with van der Waals surface area (Å²) in [6, 6.07) is 12.1. The molecule has 0 saturated carbocycles. The Labute approximate surface area is 117 Å². The number of aliphatic hydroxyl groups is 1. The maximum absolute atomic E-state index is 10.6. The fourth-order valence-corrected chi connectivity index (χ4v) is 3.11. The Bertz CT molecular complexity index is 538. The molecule has 2 heterocycles. The standard InChI is InChI=1S/C15H17NO2S/c1-16-8-9-18-15(17,11-16)13-6-4-12(5-7-13)14-3-2-10-19-14/h2-7,10,17H,8-9,11H2,1H3. The van der Waals surface area contributed by atoms with Crippen LogP contribution in [0.25, 0.3) is 10.4 Å². The Morgan fingerprint density at radius 3 is 2.68 bits per heavy atom. The molecule has 1 unspecified atom stereocenters. The average Bonchev–Trinajstić information content (AvgIpc) is 2.92. The van der Waals surface area contributed by atoms with E-state index in [4.69, 9.17) is 4.74 Å². The van der Waals surface area contributed by atoms with Crippen LogP contribution in [0.15, 0.2) is 41.8 Å². The minimum Gasteiger partial charge on any atom is -0.361 e. The number of hydrogen-bond acceptors (Lipinski definition) is 4. The topological polar surface area (TPSA) is 32.7 Å². The lowest BCUT2D eigenvalue weighted by molar-refractivity contribution is -0.245. The van der Waals surface area contributed by atoms with Gasteiger partial charge in [0.2, 0.25) is 5.79 Å². The van der Waals surface area contributed by atoms with E-state index >= 15 is 0 Å². The van der Waals surface area contributed by atoms with Crippen molar-refractivity contribution >= 4 is 11.3 Å². The first-order chi connectivity index (χ1) is 9.17. The van der Waals surface area contributed by atoms with Crippen LogP contribution in [0.4, 0.5) is 0 Å². The second-order valence-electron chi connectivity index (χ2n) is 4.93. The van der Waals surface area contributed by atoms with Crippen molar-refractivity contribution < 1.29 is 9.84 Å². The molecule has 3 nitrogen and oxygen atoms in total. The van der Waals surface area contributed by atoms with E-state index in [0.717, 1.165) is 12.1 Å². The number of hydrogen-bond donors (Lipinski definition) is 1. The van der Waals surface area contributed by atoms with Crippen LogP contribution in [0, 0.1) is 0 Å². The number of benzene rings is 1. The van der Waals surface area contributed by atoms with E-state index < -0.39 is 5.79 Å². The molecular weight excluding hydrogens is 258 g/mol. The first-order valence-electron chi connectivity index (χ1n) is 6.37. The molecule has 0 bridgehead atoms. The van der Waals surface area contributed by atoms with Gasteiger partial charge in [0.05, 0.1) is 13.2 Å². The van der Waals surface area contributed by atoms with Gasteiger partial charge in [-0.3, -0.25) is 4.90 Å². The maximum atomic E-state index is 10.6. The lowest BCUT2D eigenvalue weighted by atomic mass is 10.0. The number of β-amino-alcohol motifs (C(OH)–C–C–N with tert-alkyl or cyclic N) is 1. The van der Waals surface area contributed by atoms with Gasteiger partial charge in [-0.1, -0.05) is 30.3 Å². The highest BCUT2D eigenvalue weighted by atomic mass is 32.1. The number of ether oxygens (including phenoxy) is 1. The van der Waals surface area contributed by atoms with Gasteiger partial charge < -0.3 is 9.84 Å². The number of morpholine rings is 1. The van der Waals surface area contributed by atoms with E-state index in [1.165, 1.54) is 10.4 Å². The van der Waals surface area contributed by atoms with Gasteiger partial charge in [-0.2, -0.15) is 0 Å². The number of rotatable bonds is 2. The minimum absolute atomic E-state index is 0.505. The van der Waals surface area contributed by atoms with Gasteiger partial charge in [0.1, 0.15) is 0 Å². The van der Waals surface area contributed by atoms with Crippen molar-refractivity contribution in [2.75, 3.05) is 26.7 Å². The molecule has 19 heavy (non-hydrogen) atoms. The summed E-state index contributed by atoms with van der Waals surface area (Å²) in [6.45, 7) is 1.92. The molecule has 3 rings (SSSR count). The molecule has 1 aromatic carbocycles. The third kappa shape index (κ3) is 2.58. The van der Waals surface area contributed by atoms with E-state index in [2.05, 4.69) is 16.3 Å². The van der Waals surface area contributed by atoms with Crippen LogP contribution in [-0.2, 0) is 10.5 Å². The lowest BCUT2D eigenvalue weighted by Crippen LogP contribution is -2.48. The zero-order valence-electron chi connectivity index (χ0n) is 10.9. The van der Waals surface area contributed by atoms with Gasteiger partial charge in [-0.05, 0) is 24.1 Å². The maximum Gasteiger partial charge on any atom is 0.205 e. The van der Waals surface area contributed by atoms with E-state index in [1.54, 1.807) is 11.3 Å². The second-order valence-corrected chi connectivity index (χ2v) is 5.87. The van der Waals surface area contributed by atoms with Crippen LogP contribution < -0.4 is 0 Å². The third-order valence-electron chi connectivity index (χ3n) is 3.44. The Balaban J connectivity index is 1.86. The fraction of sp³-hybridized carbons (Fsp3) is 0.333. The van der Waals surface area contributed by atoms with Gasteiger partial charge in [-0.25, -0.2) is 0 Å². The zero-order chi connectivity index (χ0) is 13.3. The average molecular weight is 275 g/mol. The largest absolute Gasteiger partial charge is 0.361 e. The fourth-order valence-electron chi connectivity index (χ4n) is 2.37. The van der Waals surface area contributed by atoms with Crippen LogP contribution in [0.1, 0.15) is 5.56 Å². The van der Waals surface area contributed by atoms with Crippen LogP contribution >= 0.6 is 11.3 Å². The summed E-state index contributed by atoms with van der Waals surface area (Å²) in [4.78, 5) is 3.32. The van der Waals surface area contributed by atoms with E-state index in [0.29, 0.717) is 13.2 Å². The number of thiophene rings is 1. The van der Waals surface area contributed by atoms with Crippen molar-refractivity contribution in [3.63, 3.8) is 0 Å². The number of likely N-dealkylation sites (N-methyl/N-ethyl adjacent to an activating group) is 1. The summed E-state index contributed by atoms with van der Waals surface area (Å²) in [6.07, 6.45) is 0. The Morgan fingerprint density at radius 2 is 2.05 bits per heavy atom. The normalized spacial score (nSPS) is 24.5. The number of nitrogens with zero attached hydrogens (tertiary/aromatic N) is 1. The van der Waals surface area contributed by atoms with Crippen LogP contribution in [0.3, 0.4) is 0 Å². The van der Waals surface area contributed by atoms with Gasteiger partial charge in [0.15, 0.2) is 0 Å². The van der Waals surface area contributed by atoms with Crippen molar-refractivity contribution in [1.82, 2.24) is 4.90 Å². The summed E-state index contributed by atoms with van der Waals surface area (Å²) < 4.78 is 5.57. The first-order valence-corrected chi connectivity index (χ1v) is 7.25. The first kappa shape index (κ1) is 12.8. The Morgan fingerprint density at radius 1 is 1.26 bits per heavy atom. The highest BCUT2D eigenvalue weighted by molar-refractivity contribution is 7.13. The van der Waals surface area contributed by atoms with Crippen molar-refractivity contribution in [3.8, 4) is 10.4 Å². The van der Waals surface area contributed by atoms with Crippen LogP contribution in [0.2, 0.25) is 0 Å². The highest BCUT2D eigenvalue weighted by Crippen LogP contribution is 2.30. The quantitative estimate of drug-likeness (QED) is 0.914.